The molecule has 86 valence electrons. The average molecular weight is 228 g/mol. The van der Waals surface area contributed by atoms with Crippen molar-refractivity contribution >= 4 is 5.97 Å². The van der Waals surface area contributed by atoms with E-state index in [-0.39, 0.29) is 5.56 Å². The van der Waals surface area contributed by atoms with E-state index in [9.17, 15) is 13.6 Å². The molecule has 0 amide bonds. The SMILES string of the molecule is O=C(O)C1(c2ccc(F)c(O)c2F)CCC1. The molecule has 0 radical (unpaired) electrons. The van der Waals surface area contributed by atoms with E-state index in [1.54, 1.807) is 0 Å². The van der Waals surface area contributed by atoms with Crippen molar-refractivity contribution in [3.05, 3.63) is 29.3 Å². The van der Waals surface area contributed by atoms with E-state index in [0.717, 1.165) is 12.1 Å². The van der Waals surface area contributed by atoms with Gasteiger partial charge in [-0.1, -0.05) is 12.5 Å². The maximum Gasteiger partial charge on any atom is 0.314 e. The largest absolute Gasteiger partial charge is 0.503 e. The maximum atomic E-state index is 13.6. The highest BCUT2D eigenvalue weighted by molar-refractivity contribution is 5.82. The zero-order valence-corrected chi connectivity index (χ0v) is 8.33. The third-order valence-corrected chi connectivity index (χ3v) is 3.20. The van der Waals surface area contributed by atoms with Crippen LogP contribution in [0.4, 0.5) is 8.78 Å². The molecule has 1 aromatic carbocycles. The molecule has 0 spiro atoms. The summed E-state index contributed by atoms with van der Waals surface area (Å²) in [5.74, 6) is -4.49. The number of aliphatic carboxylic acids is 1. The van der Waals surface area contributed by atoms with Gasteiger partial charge in [0.1, 0.15) is 0 Å². The van der Waals surface area contributed by atoms with E-state index in [2.05, 4.69) is 0 Å². The monoisotopic (exact) mass is 228 g/mol. The number of benzene rings is 1. The van der Waals surface area contributed by atoms with Crippen LogP contribution < -0.4 is 0 Å². The van der Waals surface area contributed by atoms with Gasteiger partial charge in [-0.05, 0) is 18.9 Å². The summed E-state index contributed by atoms with van der Waals surface area (Å²) in [6, 6.07) is 1.98. The van der Waals surface area contributed by atoms with E-state index >= 15 is 0 Å². The Bertz CT molecular complexity index is 453. The minimum atomic E-state index is -1.30. The standard InChI is InChI=1S/C11H10F2O3/c12-7-3-2-6(8(13)9(7)14)11(10(15)16)4-1-5-11/h2-3,14H,1,4-5H2,(H,15,16). The van der Waals surface area contributed by atoms with Gasteiger partial charge in [-0.15, -0.1) is 0 Å². The lowest BCUT2D eigenvalue weighted by Crippen LogP contribution is -2.43. The second-order valence-electron chi connectivity index (χ2n) is 4.00. The first-order valence-electron chi connectivity index (χ1n) is 4.90. The molecule has 16 heavy (non-hydrogen) atoms. The van der Waals surface area contributed by atoms with Gasteiger partial charge in [-0.25, -0.2) is 8.78 Å². The number of aromatic hydroxyl groups is 1. The zero-order chi connectivity index (χ0) is 11.9. The van der Waals surface area contributed by atoms with Gasteiger partial charge in [-0.3, -0.25) is 4.79 Å². The van der Waals surface area contributed by atoms with Crippen molar-refractivity contribution in [3.8, 4) is 5.75 Å². The molecule has 3 nitrogen and oxygen atoms in total. The van der Waals surface area contributed by atoms with Crippen LogP contribution >= 0.6 is 0 Å². The molecular formula is C11H10F2O3. The molecule has 2 N–H and O–H groups in total. The Kier molecular flexibility index (Phi) is 2.33. The third kappa shape index (κ3) is 1.27. The van der Waals surface area contributed by atoms with Gasteiger partial charge < -0.3 is 10.2 Å². The summed E-state index contributed by atoms with van der Waals surface area (Å²) in [7, 11) is 0. The predicted octanol–water partition coefficient (Wildman–Crippen LogP) is 2.18. The molecule has 1 aliphatic rings. The highest BCUT2D eigenvalue weighted by Crippen LogP contribution is 2.46. The molecular weight excluding hydrogens is 218 g/mol. The van der Waals surface area contributed by atoms with E-state index in [1.165, 1.54) is 0 Å². The topological polar surface area (TPSA) is 57.5 Å². The van der Waals surface area contributed by atoms with Crippen LogP contribution in [0.5, 0.6) is 5.75 Å². The number of rotatable bonds is 2. The molecule has 0 saturated heterocycles. The van der Waals surface area contributed by atoms with Gasteiger partial charge >= 0.3 is 5.97 Å². The van der Waals surface area contributed by atoms with Gasteiger partial charge in [0, 0.05) is 5.56 Å². The first-order valence-corrected chi connectivity index (χ1v) is 4.90. The molecule has 5 heteroatoms. The molecule has 1 saturated carbocycles. The second-order valence-corrected chi connectivity index (χ2v) is 4.00. The summed E-state index contributed by atoms with van der Waals surface area (Å²) < 4.78 is 26.4. The molecule has 0 unspecified atom stereocenters. The highest BCUT2D eigenvalue weighted by Gasteiger charge is 2.48. The lowest BCUT2D eigenvalue weighted by molar-refractivity contribution is -0.147. The fraction of sp³-hybridized carbons (Fsp3) is 0.364. The Morgan fingerprint density at radius 2 is 1.94 bits per heavy atom. The number of phenols is 1. The number of carbonyl (C=O) groups is 1. The predicted molar refractivity (Wildman–Crippen MR) is 51.2 cm³/mol. The molecule has 0 aliphatic heterocycles. The third-order valence-electron chi connectivity index (χ3n) is 3.20. The van der Waals surface area contributed by atoms with Crippen LogP contribution in [-0.4, -0.2) is 16.2 Å². The zero-order valence-electron chi connectivity index (χ0n) is 8.33. The first-order chi connectivity index (χ1) is 7.49. The van der Waals surface area contributed by atoms with Crippen LogP contribution in [0, 0.1) is 11.6 Å². The van der Waals surface area contributed by atoms with Crippen LogP contribution in [0.2, 0.25) is 0 Å². The molecule has 0 bridgehead atoms. The number of carboxylic acids is 1. The normalized spacial score (nSPS) is 17.9. The van der Waals surface area contributed by atoms with Crippen LogP contribution in [0.1, 0.15) is 24.8 Å². The van der Waals surface area contributed by atoms with Crippen molar-refractivity contribution in [1.82, 2.24) is 0 Å². The summed E-state index contributed by atoms with van der Waals surface area (Å²) in [6.07, 6.45) is 1.30. The van der Waals surface area contributed by atoms with Crippen molar-refractivity contribution in [2.24, 2.45) is 0 Å². The van der Waals surface area contributed by atoms with E-state index in [0.29, 0.717) is 19.3 Å². The van der Waals surface area contributed by atoms with Gasteiger partial charge in [0.05, 0.1) is 5.41 Å². The molecule has 0 heterocycles. The summed E-state index contributed by atoms with van der Waals surface area (Å²) in [6.45, 7) is 0. The van der Waals surface area contributed by atoms with Crippen LogP contribution in [-0.2, 0) is 10.2 Å². The molecule has 0 atom stereocenters. The summed E-state index contributed by atoms with van der Waals surface area (Å²) in [5, 5.41) is 18.2. The van der Waals surface area contributed by atoms with Gasteiger partial charge in [0.2, 0.25) is 0 Å². The summed E-state index contributed by atoms with van der Waals surface area (Å²) >= 11 is 0. The number of hydrogen-bond donors (Lipinski definition) is 2. The van der Waals surface area contributed by atoms with Crippen molar-refractivity contribution in [2.75, 3.05) is 0 Å². The fourth-order valence-electron chi connectivity index (χ4n) is 2.04. The number of carboxylic acid groups (broad SMARTS) is 1. The van der Waals surface area contributed by atoms with E-state index in [4.69, 9.17) is 10.2 Å². The van der Waals surface area contributed by atoms with Crippen LogP contribution in [0.3, 0.4) is 0 Å². The second kappa shape index (κ2) is 3.43. The molecule has 1 aliphatic carbocycles. The Balaban J connectivity index is 2.56. The minimum absolute atomic E-state index is 0.134. The number of halogens is 2. The minimum Gasteiger partial charge on any atom is -0.503 e. The molecule has 1 aromatic rings. The van der Waals surface area contributed by atoms with Crippen LogP contribution in [0.25, 0.3) is 0 Å². The Hall–Kier alpha value is -1.65. The molecule has 0 aromatic heterocycles. The Labute approximate surface area is 90.3 Å². The highest BCUT2D eigenvalue weighted by atomic mass is 19.1. The molecule has 2 rings (SSSR count). The van der Waals surface area contributed by atoms with Crippen molar-refractivity contribution in [3.63, 3.8) is 0 Å². The lowest BCUT2D eigenvalue weighted by atomic mass is 9.64. The lowest BCUT2D eigenvalue weighted by Gasteiger charge is -2.38. The summed E-state index contributed by atoms with van der Waals surface area (Å²) in [4.78, 5) is 11.1. The van der Waals surface area contributed by atoms with Gasteiger partial charge in [0.25, 0.3) is 0 Å². The number of hydrogen-bond acceptors (Lipinski definition) is 2. The summed E-state index contributed by atoms with van der Waals surface area (Å²) in [5.41, 5.74) is -1.43. The smallest absolute Gasteiger partial charge is 0.314 e. The van der Waals surface area contributed by atoms with Gasteiger partial charge in [0.15, 0.2) is 17.4 Å². The molecule has 1 fully saturated rings. The number of phenolic OH excluding ortho intramolecular Hbond substituents is 1. The van der Waals surface area contributed by atoms with E-state index in [1.807, 2.05) is 0 Å². The van der Waals surface area contributed by atoms with E-state index < -0.39 is 28.8 Å². The first kappa shape index (κ1) is 10.9. The quantitative estimate of drug-likeness (QED) is 0.815. The van der Waals surface area contributed by atoms with Crippen molar-refractivity contribution < 1.29 is 23.8 Å². The van der Waals surface area contributed by atoms with Gasteiger partial charge in [-0.2, -0.15) is 0 Å². The van der Waals surface area contributed by atoms with Crippen molar-refractivity contribution in [2.45, 2.75) is 24.7 Å². The maximum absolute atomic E-state index is 13.6. The Morgan fingerprint density at radius 3 is 2.38 bits per heavy atom. The van der Waals surface area contributed by atoms with Crippen LogP contribution in [0.15, 0.2) is 12.1 Å². The van der Waals surface area contributed by atoms with Crippen molar-refractivity contribution in [1.29, 1.82) is 0 Å². The average Bonchev–Trinajstić information content (AvgIpc) is 2.16. The Morgan fingerprint density at radius 1 is 1.31 bits per heavy atom. The fourth-order valence-corrected chi connectivity index (χ4v) is 2.04.